The second-order valence-electron chi connectivity index (χ2n) is 6.13. The van der Waals surface area contributed by atoms with Crippen molar-refractivity contribution in [3.05, 3.63) is 101 Å². The fourth-order valence-electron chi connectivity index (χ4n) is 2.98. The summed E-state index contributed by atoms with van der Waals surface area (Å²) in [7, 11) is 0. The lowest BCUT2D eigenvalue weighted by molar-refractivity contribution is 0.474. The van der Waals surface area contributed by atoms with Crippen molar-refractivity contribution in [3.63, 3.8) is 0 Å². The number of rotatable bonds is 4. The number of allylic oxidation sites excluding steroid dienone is 4. The molecule has 0 bridgehead atoms. The van der Waals surface area contributed by atoms with Gasteiger partial charge in [0.05, 0.1) is 5.70 Å². The van der Waals surface area contributed by atoms with E-state index in [1.165, 1.54) is 11.1 Å². The Labute approximate surface area is 137 Å². The van der Waals surface area contributed by atoms with Gasteiger partial charge < -0.3 is 11.5 Å². The average Bonchev–Trinajstić information content (AvgIpc) is 2.59. The first-order valence-electron chi connectivity index (χ1n) is 7.88. The van der Waals surface area contributed by atoms with E-state index in [4.69, 9.17) is 11.5 Å². The summed E-state index contributed by atoms with van der Waals surface area (Å²) in [6.45, 7) is 0. The Bertz CT molecular complexity index is 742. The zero-order valence-corrected chi connectivity index (χ0v) is 13.2. The van der Waals surface area contributed by atoms with Gasteiger partial charge in [-0.1, -0.05) is 78.9 Å². The third-order valence-corrected chi connectivity index (χ3v) is 4.27. The van der Waals surface area contributed by atoms with Crippen LogP contribution in [0.2, 0.25) is 0 Å². The number of hydrogen-bond acceptors (Lipinski definition) is 2. The molecule has 2 aromatic rings. The molecule has 1 atom stereocenters. The fourth-order valence-corrected chi connectivity index (χ4v) is 2.98. The predicted octanol–water partition coefficient (Wildman–Crippen LogP) is 4.02. The predicted molar refractivity (Wildman–Crippen MR) is 97.2 cm³/mol. The van der Waals surface area contributed by atoms with Crippen LogP contribution in [0.4, 0.5) is 0 Å². The van der Waals surface area contributed by atoms with Crippen LogP contribution in [0.3, 0.4) is 0 Å². The summed E-state index contributed by atoms with van der Waals surface area (Å²) < 4.78 is 0. The number of nitrogens with two attached hydrogens (primary N) is 2. The zero-order valence-electron chi connectivity index (χ0n) is 13.2. The topological polar surface area (TPSA) is 52.0 Å². The minimum absolute atomic E-state index is 0.135. The van der Waals surface area contributed by atoms with Crippen LogP contribution in [-0.4, -0.2) is 0 Å². The molecule has 0 amide bonds. The third-order valence-electron chi connectivity index (χ3n) is 4.27. The summed E-state index contributed by atoms with van der Waals surface area (Å²) in [6, 6.07) is 20.8. The van der Waals surface area contributed by atoms with Crippen molar-refractivity contribution in [3.8, 4) is 0 Å². The number of benzene rings is 2. The van der Waals surface area contributed by atoms with Crippen LogP contribution in [0.1, 0.15) is 17.5 Å². The summed E-state index contributed by atoms with van der Waals surface area (Å²) in [5, 5.41) is 0. The molecule has 3 rings (SSSR count). The SMILES string of the molecule is NC1=C(N)CC(C=Cc2ccccc2)(Cc2ccccc2)C=C1. The average molecular weight is 302 g/mol. The van der Waals surface area contributed by atoms with E-state index in [-0.39, 0.29) is 5.41 Å². The third kappa shape index (κ3) is 3.72. The molecule has 0 fully saturated rings. The Balaban J connectivity index is 1.91. The standard InChI is InChI=1S/C21H22N2/c22-19-12-14-21(16-20(19)23,15-18-9-5-2-6-10-18)13-11-17-7-3-1-4-8-17/h1-14H,15-16,22-23H2. The van der Waals surface area contributed by atoms with Crippen molar-refractivity contribution in [2.24, 2.45) is 16.9 Å². The van der Waals surface area contributed by atoms with Gasteiger partial charge in [0.15, 0.2) is 0 Å². The first-order valence-corrected chi connectivity index (χ1v) is 7.88. The van der Waals surface area contributed by atoms with Gasteiger partial charge >= 0.3 is 0 Å². The van der Waals surface area contributed by atoms with Gasteiger partial charge in [0.1, 0.15) is 0 Å². The lowest BCUT2D eigenvalue weighted by Gasteiger charge is -2.31. The summed E-state index contributed by atoms with van der Waals surface area (Å²) in [5.74, 6) is 0. The van der Waals surface area contributed by atoms with Crippen molar-refractivity contribution in [2.75, 3.05) is 0 Å². The molecule has 23 heavy (non-hydrogen) atoms. The van der Waals surface area contributed by atoms with Gasteiger partial charge in [0, 0.05) is 17.5 Å². The zero-order chi connectivity index (χ0) is 16.1. The second-order valence-corrected chi connectivity index (χ2v) is 6.13. The van der Waals surface area contributed by atoms with E-state index in [0.29, 0.717) is 5.70 Å². The molecule has 2 heteroatoms. The lowest BCUT2D eigenvalue weighted by atomic mass is 9.74. The van der Waals surface area contributed by atoms with Gasteiger partial charge in [0.25, 0.3) is 0 Å². The molecule has 2 aromatic carbocycles. The Hall–Kier alpha value is -2.74. The van der Waals surface area contributed by atoms with Crippen molar-refractivity contribution in [1.29, 1.82) is 0 Å². The minimum atomic E-state index is -0.135. The molecule has 1 aliphatic carbocycles. The van der Waals surface area contributed by atoms with E-state index in [9.17, 15) is 0 Å². The first-order chi connectivity index (χ1) is 11.2. The van der Waals surface area contributed by atoms with Crippen LogP contribution in [0.15, 0.2) is 90.3 Å². The largest absolute Gasteiger partial charge is 0.400 e. The Kier molecular flexibility index (Phi) is 4.33. The Morgan fingerprint density at radius 2 is 1.57 bits per heavy atom. The molecule has 0 aromatic heterocycles. The summed E-state index contributed by atoms with van der Waals surface area (Å²) in [6.07, 6.45) is 10.2. The van der Waals surface area contributed by atoms with E-state index in [2.05, 4.69) is 54.6 Å². The van der Waals surface area contributed by atoms with Crippen LogP contribution >= 0.6 is 0 Å². The summed E-state index contributed by atoms with van der Waals surface area (Å²) in [5.41, 5.74) is 15.9. The lowest BCUT2D eigenvalue weighted by Crippen LogP contribution is -2.26. The highest BCUT2D eigenvalue weighted by molar-refractivity contribution is 5.52. The van der Waals surface area contributed by atoms with Gasteiger partial charge in [-0.05, 0) is 23.6 Å². The van der Waals surface area contributed by atoms with Crippen LogP contribution in [0, 0.1) is 5.41 Å². The van der Waals surface area contributed by atoms with Gasteiger partial charge in [-0.2, -0.15) is 0 Å². The molecule has 0 spiro atoms. The maximum Gasteiger partial charge on any atom is 0.0502 e. The monoisotopic (exact) mass is 302 g/mol. The highest BCUT2D eigenvalue weighted by Crippen LogP contribution is 2.37. The molecule has 0 heterocycles. The van der Waals surface area contributed by atoms with E-state index >= 15 is 0 Å². The van der Waals surface area contributed by atoms with Gasteiger partial charge in [-0.25, -0.2) is 0 Å². The van der Waals surface area contributed by atoms with Gasteiger partial charge in [-0.3, -0.25) is 0 Å². The van der Waals surface area contributed by atoms with Crippen LogP contribution < -0.4 is 11.5 Å². The molecular formula is C21H22N2. The van der Waals surface area contributed by atoms with Crippen molar-refractivity contribution < 1.29 is 0 Å². The van der Waals surface area contributed by atoms with Crippen molar-refractivity contribution in [1.82, 2.24) is 0 Å². The van der Waals surface area contributed by atoms with Gasteiger partial charge in [0.2, 0.25) is 0 Å². The number of hydrogen-bond donors (Lipinski definition) is 2. The fraction of sp³-hybridized carbons (Fsp3) is 0.143. The van der Waals surface area contributed by atoms with E-state index < -0.39 is 0 Å². The van der Waals surface area contributed by atoms with Crippen molar-refractivity contribution >= 4 is 6.08 Å². The molecule has 116 valence electrons. The molecule has 1 unspecified atom stereocenters. The van der Waals surface area contributed by atoms with Crippen LogP contribution in [0.5, 0.6) is 0 Å². The minimum Gasteiger partial charge on any atom is -0.400 e. The Morgan fingerprint density at radius 1 is 0.913 bits per heavy atom. The van der Waals surface area contributed by atoms with Crippen LogP contribution in [-0.2, 0) is 6.42 Å². The van der Waals surface area contributed by atoms with Gasteiger partial charge in [-0.15, -0.1) is 0 Å². The maximum absolute atomic E-state index is 6.15. The molecule has 0 saturated carbocycles. The molecule has 1 aliphatic rings. The van der Waals surface area contributed by atoms with Crippen LogP contribution in [0.25, 0.3) is 6.08 Å². The summed E-state index contributed by atoms with van der Waals surface area (Å²) >= 11 is 0. The molecule has 0 saturated heterocycles. The highest BCUT2D eigenvalue weighted by atomic mass is 14.7. The highest BCUT2D eigenvalue weighted by Gasteiger charge is 2.28. The molecule has 0 aliphatic heterocycles. The maximum atomic E-state index is 6.15. The first kappa shape index (κ1) is 15.2. The molecule has 4 N–H and O–H groups in total. The Morgan fingerprint density at radius 3 is 2.22 bits per heavy atom. The quantitative estimate of drug-likeness (QED) is 0.896. The smallest absolute Gasteiger partial charge is 0.0502 e. The normalized spacial score (nSPS) is 21.0. The summed E-state index contributed by atoms with van der Waals surface area (Å²) in [4.78, 5) is 0. The molecule has 2 nitrogen and oxygen atoms in total. The van der Waals surface area contributed by atoms with Crippen molar-refractivity contribution in [2.45, 2.75) is 12.8 Å². The molecular weight excluding hydrogens is 280 g/mol. The molecule has 0 radical (unpaired) electrons. The second kappa shape index (κ2) is 6.57. The van der Waals surface area contributed by atoms with E-state index in [0.717, 1.165) is 18.5 Å². The van der Waals surface area contributed by atoms with E-state index in [1.54, 1.807) is 0 Å². The van der Waals surface area contributed by atoms with E-state index in [1.807, 2.05) is 30.3 Å².